The fourth-order valence-corrected chi connectivity index (χ4v) is 5.88. The summed E-state index contributed by atoms with van der Waals surface area (Å²) in [5.41, 5.74) is -1.80. The summed E-state index contributed by atoms with van der Waals surface area (Å²) in [4.78, 5) is 12.7. The van der Waals surface area contributed by atoms with E-state index in [1.54, 1.807) is 0 Å². The fraction of sp³-hybridized carbons (Fsp3) is 0.944. The Hall–Kier alpha value is -0.660. The molecule has 4 bridgehead atoms. The molecule has 0 spiro atoms. The van der Waals surface area contributed by atoms with Gasteiger partial charge in [-0.25, -0.2) is 0 Å². The molecule has 0 heterocycles. The number of rotatable bonds is 6. The normalized spacial score (nSPS) is 37.5. The van der Waals surface area contributed by atoms with Crippen molar-refractivity contribution in [3.8, 4) is 0 Å². The van der Waals surface area contributed by atoms with Crippen LogP contribution in [0.2, 0.25) is 0 Å². The SMILES string of the molecule is CCC(C)(C)C(=O)OC12CC3CC(C1)CC(OS(=O)(=O)N(C)C)(C3)C2. The van der Waals surface area contributed by atoms with Crippen LogP contribution < -0.4 is 0 Å². The zero-order valence-corrected chi connectivity index (χ0v) is 16.8. The first kappa shape index (κ1) is 19.1. The first-order valence-corrected chi connectivity index (χ1v) is 10.6. The molecule has 0 radical (unpaired) electrons. The average Bonchev–Trinajstić information content (AvgIpc) is 2.43. The monoisotopic (exact) mass is 373 g/mol. The molecule has 0 aromatic carbocycles. The molecule has 6 nitrogen and oxygen atoms in total. The number of carbonyl (C=O) groups excluding carboxylic acids is 1. The van der Waals surface area contributed by atoms with Crippen LogP contribution >= 0.6 is 0 Å². The molecule has 4 fully saturated rings. The molecular formula is C18H31NO5S. The minimum Gasteiger partial charge on any atom is -0.459 e. The van der Waals surface area contributed by atoms with Crippen LogP contribution in [0.15, 0.2) is 0 Å². The Labute approximate surface area is 151 Å². The van der Waals surface area contributed by atoms with Gasteiger partial charge in [-0.1, -0.05) is 6.92 Å². The number of carbonyl (C=O) groups is 1. The molecule has 4 saturated carbocycles. The van der Waals surface area contributed by atoms with E-state index in [-0.39, 0.29) is 5.97 Å². The van der Waals surface area contributed by atoms with Crippen molar-refractivity contribution in [1.29, 1.82) is 0 Å². The topological polar surface area (TPSA) is 72.9 Å². The van der Waals surface area contributed by atoms with E-state index < -0.39 is 26.9 Å². The molecule has 0 aliphatic heterocycles. The van der Waals surface area contributed by atoms with E-state index in [0.717, 1.165) is 36.4 Å². The van der Waals surface area contributed by atoms with Crippen LogP contribution in [0.3, 0.4) is 0 Å². The number of esters is 1. The van der Waals surface area contributed by atoms with Gasteiger partial charge in [0, 0.05) is 20.5 Å². The second-order valence-electron chi connectivity index (χ2n) is 9.28. The second-order valence-corrected chi connectivity index (χ2v) is 11.0. The van der Waals surface area contributed by atoms with Crippen LogP contribution in [-0.4, -0.2) is 44.0 Å². The van der Waals surface area contributed by atoms with Crippen molar-refractivity contribution in [2.75, 3.05) is 14.1 Å². The zero-order valence-electron chi connectivity index (χ0n) is 16.0. The summed E-state index contributed by atoms with van der Waals surface area (Å²) in [6, 6.07) is 0. The van der Waals surface area contributed by atoms with Gasteiger partial charge < -0.3 is 4.74 Å². The maximum absolute atomic E-state index is 12.7. The van der Waals surface area contributed by atoms with Gasteiger partial charge in [0.05, 0.1) is 11.0 Å². The Morgan fingerprint density at radius 3 is 2.12 bits per heavy atom. The van der Waals surface area contributed by atoms with E-state index in [2.05, 4.69) is 0 Å². The third-order valence-corrected chi connectivity index (χ3v) is 7.89. The first-order chi connectivity index (χ1) is 11.4. The van der Waals surface area contributed by atoms with Crippen molar-refractivity contribution in [2.45, 2.75) is 76.9 Å². The molecule has 25 heavy (non-hydrogen) atoms. The van der Waals surface area contributed by atoms with Crippen molar-refractivity contribution >= 4 is 16.3 Å². The zero-order chi connectivity index (χ0) is 18.7. The summed E-state index contributed by atoms with van der Waals surface area (Å²) < 4.78 is 37.6. The van der Waals surface area contributed by atoms with E-state index in [1.807, 2.05) is 20.8 Å². The van der Waals surface area contributed by atoms with E-state index in [1.165, 1.54) is 14.1 Å². The second kappa shape index (κ2) is 5.92. The summed E-state index contributed by atoms with van der Waals surface area (Å²) >= 11 is 0. The van der Waals surface area contributed by atoms with Crippen LogP contribution in [0.25, 0.3) is 0 Å². The van der Waals surface area contributed by atoms with E-state index in [4.69, 9.17) is 8.92 Å². The van der Waals surface area contributed by atoms with Gasteiger partial charge in [-0.3, -0.25) is 8.98 Å². The van der Waals surface area contributed by atoms with Crippen molar-refractivity contribution in [2.24, 2.45) is 17.3 Å². The maximum Gasteiger partial charge on any atom is 0.338 e. The molecule has 2 atom stereocenters. The van der Waals surface area contributed by atoms with Gasteiger partial charge in [0.15, 0.2) is 0 Å². The predicted octanol–water partition coefficient (Wildman–Crippen LogP) is 2.88. The molecule has 4 aliphatic carbocycles. The van der Waals surface area contributed by atoms with E-state index in [9.17, 15) is 13.2 Å². The third kappa shape index (κ3) is 3.47. The van der Waals surface area contributed by atoms with E-state index >= 15 is 0 Å². The lowest BCUT2D eigenvalue weighted by atomic mass is 9.52. The number of nitrogens with zero attached hydrogens (tertiary/aromatic N) is 1. The number of ether oxygens (including phenoxy) is 1. The van der Waals surface area contributed by atoms with Gasteiger partial charge in [0.25, 0.3) is 0 Å². The Balaban J connectivity index is 1.85. The summed E-state index contributed by atoms with van der Waals surface area (Å²) in [6.07, 6.45) is 5.45. The van der Waals surface area contributed by atoms with Crippen molar-refractivity contribution < 1.29 is 22.1 Å². The van der Waals surface area contributed by atoms with Crippen LogP contribution in [0, 0.1) is 17.3 Å². The fourth-order valence-electron chi connectivity index (χ4n) is 5.09. The van der Waals surface area contributed by atoms with Gasteiger partial charge >= 0.3 is 16.3 Å². The van der Waals surface area contributed by atoms with Gasteiger partial charge in [-0.2, -0.15) is 12.7 Å². The lowest BCUT2D eigenvalue weighted by molar-refractivity contribution is -0.219. The minimum atomic E-state index is -3.76. The minimum absolute atomic E-state index is 0.178. The maximum atomic E-state index is 12.7. The highest BCUT2D eigenvalue weighted by Gasteiger charge is 2.62. The summed E-state index contributed by atoms with van der Waals surface area (Å²) in [7, 11) is -0.793. The summed E-state index contributed by atoms with van der Waals surface area (Å²) in [5, 5.41) is 0. The smallest absolute Gasteiger partial charge is 0.338 e. The Morgan fingerprint density at radius 1 is 1.12 bits per heavy atom. The van der Waals surface area contributed by atoms with Gasteiger partial charge in [0.1, 0.15) is 5.60 Å². The molecule has 4 rings (SSSR count). The van der Waals surface area contributed by atoms with Gasteiger partial charge in [-0.15, -0.1) is 0 Å². The number of hydrogen-bond acceptors (Lipinski definition) is 5. The predicted molar refractivity (Wildman–Crippen MR) is 94.0 cm³/mol. The molecule has 0 saturated heterocycles. The molecular weight excluding hydrogens is 342 g/mol. The van der Waals surface area contributed by atoms with Crippen LogP contribution in [0.5, 0.6) is 0 Å². The number of hydrogen-bond donors (Lipinski definition) is 0. The largest absolute Gasteiger partial charge is 0.459 e. The lowest BCUT2D eigenvalue weighted by Gasteiger charge is -2.60. The quantitative estimate of drug-likeness (QED) is 0.670. The lowest BCUT2D eigenvalue weighted by Crippen LogP contribution is -2.62. The Kier molecular flexibility index (Phi) is 4.53. The highest BCUT2D eigenvalue weighted by molar-refractivity contribution is 7.84. The van der Waals surface area contributed by atoms with Crippen LogP contribution in [0.4, 0.5) is 0 Å². The van der Waals surface area contributed by atoms with E-state index in [0.29, 0.717) is 24.7 Å². The highest BCUT2D eigenvalue weighted by atomic mass is 32.2. The molecule has 7 heteroatoms. The average molecular weight is 374 g/mol. The molecule has 0 amide bonds. The Bertz CT molecular complexity index is 640. The Morgan fingerprint density at radius 2 is 1.64 bits per heavy atom. The molecule has 0 aromatic heterocycles. The summed E-state index contributed by atoms with van der Waals surface area (Å²) in [6.45, 7) is 5.78. The van der Waals surface area contributed by atoms with Crippen molar-refractivity contribution in [1.82, 2.24) is 4.31 Å². The molecule has 4 aliphatic rings. The van der Waals surface area contributed by atoms with Crippen molar-refractivity contribution in [3.05, 3.63) is 0 Å². The summed E-state index contributed by atoms with van der Waals surface area (Å²) in [5.74, 6) is 0.565. The molecule has 144 valence electrons. The van der Waals surface area contributed by atoms with Gasteiger partial charge in [-0.05, 0) is 64.2 Å². The van der Waals surface area contributed by atoms with Crippen molar-refractivity contribution in [3.63, 3.8) is 0 Å². The molecule has 2 unspecified atom stereocenters. The third-order valence-electron chi connectivity index (χ3n) is 6.43. The van der Waals surface area contributed by atoms with Crippen LogP contribution in [0.1, 0.15) is 65.7 Å². The molecule has 0 N–H and O–H groups in total. The van der Waals surface area contributed by atoms with Gasteiger partial charge in [0.2, 0.25) is 0 Å². The highest BCUT2D eigenvalue weighted by Crippen LogP contribution is 2.60. The first-order valence-electron chi connectivity index (χ1n) is 9.27. The van der Waals surface area contributed by atoms with Crippen LogP contribution in [-0.2, 0) is 24.0 Å². The molecule has 0 aromatic rings. The standard InChI is InChI=1S/C18H31NO5S/c1-6-16(2,3)15(20)23-17-8-13-7-14(9-17)11-18(10-13,12-17)24-25(21,22)19(4)5/h13-14H,6-12H2,1-5H3.